The van der Waals surface area contributed by atoms with Crippen molar-refractivity contribution in [3.05, 3.63) is 20.6 Å². The summed E-state index contributed by atoms with van der Waals surface area (Å²) in [6, 6.07) is 0. The first-order chi connectivity index (χ1) is 7.47. The van der Waals surface area contributed by atoms with Crippen LogP contribution in [0.25, 0.3) is 0 Å². The van der Waals surface area contributed by atoms with Gasteiger partial charge in [0.25, 0.3) is 0 Å². The molecule has 0 aliphatic carbocycles. The van der Waals surface area contributed by atoms with Gasteiger partial charge in [0.2, 0.25) is 0 Å². The van der Waals surface area contributed by atoms with Gasteiger partial charge < -0.3 is 9.72 Å². The predicted octanol–water partition coefficient (Wildman–Crippen LogP) is 4.12. The van der Waals surface area contributed by atoms with E-state index in [4.69, 9.17) is 17.0 Å². The summed E-state index contributed by atoms with van der Waals surface area (Å²) in [4.78, 5) is 7.61. The summed E-state index contributed by atoms with van der Waals surface area (Å²) in [5.41, 5.74) is 1.07. The van der Waals surface area contributed by atoms with Gasteiger partial charge in [0.1, 0.15) is 16.6 Å². The minimum Gasteiger partial charge on any atom is -0.371 e. The number of nitrogens with one attached hydrogen (secondary N) is 1. The van der Waals surface area contributed by atoms with E-state index in [2.05, 4.69) is 39.7 Å². The molecule has 0 radical (unpaired) electrons. The number of hydrogen-bond acceptors (Lipinski definition) is 3. The van der Waals surface area contributed by atoms with Crippen molar-refractivity contribution >= 4 is 28.1 Å². The number of halogens is 1. The van der Waals surface area contributed by atoms with E-state index in [1.165, 1.54) is 0 Å². The standard InChI is InChI=1S/C11H17BrN2OS/c1-5-15-7(4)10-13-9(6(2)3)8(12)11(16)14-10/h6-7H,5H2,1-4H3,(H,13,14,16). The van der Waals surface area contributed by atoms with Crippen LogP contribution in [0.15, 0.2) is 4.47 Å². The average Bonchev–Trinajstić information content (AvgIpc) is 2.21. The Hall–Kier alpha value is -0.260. The van der Waals surface area contributed by atoms with Crippen LogP contribution in [0.4, 0.5) is 0 Å². The van der Waals surface area contributed by atoms with Gasteiger partial charge in [-0.3, -0.25) is 0 Å². The van der Waals surface area contributed by atoms with Crippen LogP contribution in [-0.2, 0) is 4.74 Å². The fourth-order valence-electron chi connectivity index (χ4n) is 1.41. The highest BCUT2D eigenvalue weighted by Crippen LogP contribution is 2.25. The van der Waals surface area contributed by atoms with Gasteiger partial charge in [-0.05, 0) is 35.7 Å². The van der Waals surface area contributed by atoms with Crippen molar-refractivity contribution in [2.75, 3.05) is 6.61 Å². The van der Waals surface area contributed by atoms with Gasteiger partial charge in [-0.2, -0.15) is 0 Å². The third-order valence-corrected chi connectivity index (χ3v) is 3.65. The molecule has 0 aliphatic heterocycles. The molecule has 0 aliphatic rings. The highest BCUT2D eigenvalue weighted by atomic mass is 79.9. The topological polar surface area (TPSA) is 37.9 Å². The molecular weight excluding hydrogens is 288 g/mol. The lowest BCUT2D eigenvalue weighted by atomic mass is 10.1. The number of H-pyrrole nitrogens is 1. The maximum Gasteiger partial charge on any atom is 0.144 e. The maximum absolute atomic E-state index is 5.50. The number of nitrogens with zero attached hydrogens (tertiary/aromatic N) is 1. The molecule has 0 saturated carbocycles. The molecule has 0 aromatic carbocycles. The van der Waals surface area contributed by atoms with E-state index in [1.54, 1.807) is 0 Å². The highest BCUT2D eigenvalue weighted by molar-refractivity contribution is 9.10. The smallest absolute Gasteiger partial charge is 0.144 e. The SMILES string of the molecule is CCOC(C)c1nc(=S)c(Br)c(C(C)C)[nH]1. The minimum absolute atomic E-state index is 0.0581. The molecule has 1 atom stereocenters. The highest BCUT2D eigenvalue weighted by Gasteiger charge is 2.13. The zero-order chi connectivity index (χ0) is 12.3. The summed E-state index contributed by atoms with van der Waals surface area (Å²) in [5, 5.41) is 0. The van der Waals surface area contributed by atoms with Crippen molar-refractivity contribution in [2.24, 2.45) is 0 Å². The fourth-order valence-corrected chi connectivity index (χ4v) is 2.27. The first-order valence-electron chi connectivity index (χ1n) is 5.38. The van der Waals surface area contributed by atoms with Crippen molar-refractivity contribution < 1.29 is 4.74 Å². The Labute approximate surface area is 110 Å². The molecular formula is C11H17BrN2OS. The summed E-state index contributed by atoms with van der Waals surface area (Å²) in [7, 11) is 0. The molecule has 0 amide bonds. The molecule has 0 bridgehead atoms. The van der Waals surface area contributed by atoms with E-state index in [1.807, 2.05) is 13.8 Å². The van der Waals surface area contributed by atoms with Crippen LogP contribution >= 0.6 is 28.1 Å². The molecule has 0 spiro atoms. The lowest BCUT2D eigenvalue weighted by Gasteiger charge is -2.15. The lowest BCUT2D eigenvalue weighted by molar-refractivity contribution is 0.0697. The second-order valence-electron chi connectivity index (χ2n) is 3.91. The van der Waals surface area contributed by atoms with E-state index in [-0.39, 0.29) is 6.10 Å². The lowest BCUT2D eigenvalue weighted by Crippen LogP contribution is -2.09. The van der Waals surface area contributed by atoms with Gasteiger partial charge in [0, 0.05) is 12.3 Å². The molecule has 0 saturated heterocycles. The summed E-state index contributed by atoms with van der Waals surface area (Å²) in [6.45, 7) is 8.82. The molecule has 1 heterocycles. The Bertz CT molecular complexity index is 417. The third kappa shape index (κ3) is 3.12. The summed E-state index contributed by atoms with van der Waals surface area (Å²) >= 11 is 8.68. The van der Waals surface area contributed by atoms with Gasteiger partial charge >= 0.3 is 0 Å². The van der Waals surface area contributed by atoms with E-state index < -0.39 is 0 Å². The summed E-state index contributed by atoms with van der Waals surface area (Å²) in [6.07, 6.45) is -0.0581. The Morgan fingerprint density at radius 1 is 1.44 bits per heavy atom. The number of rotatable bonds is 4. The molecule has 1 unspecified atom stereocenters. The molecule has 1 N–H and O–H groups in total. The average molecular weight is 305 g/mol. The predicted molar refractivity (Wildman–Crippen MR) is 71.3 cm³/mol. The molecule has 3 nitrogen and oxygen atoms in total. The minimum atomic E-state index is -0.0581. The molecule has 1 aromatic rings. The van der Waals surface area contributed by atoms with Crippen molar-refractivity contribution in [3.8, 4) is 0 Å². The van der Waals surface area contributed by atoms with Gasteiger partial charge in [0.15, 0.2) is 0 Å². The molecule has 1 rings (SSSR count). The van der Waals surface area contributed by atoms with Gasteiger partial charge in [-0.25, -0.2) is 4.98 Å². The van der Waals surface area contributed by atoms with Crippen LogP contribution in [0.5, 0.6) is 0 Å². The normalized spacial score (nSPS) is 13.1. The largest absolute Gasteiger partial charge is 0.371 e. The second-order valence-corrected chi connectivity index (χ2v) is 5.09. The Kier molecular flexibility index (Phi) is 5.08. The number of aromatic nitrogens is 2. The monoisotopic (exact) mass is 304 g/mol. The quantitative estimate of drug-likeness (QED) is 0.850. The van der Waals surface area contributed by atoms with Crippen LogP contribution in [-0.4, -0.2) is 16.6 Å². The van der Waals surface area contributed by atoms with Crippen molar-refractivity contribution in [3.63, 3.8) is 0 Å². The summed E-state index contributed by atoms with van der Waals surface area (Å²) < 4.78 is 6.97. The molecule has 90 valence electrons. The van der Waals surface area contributed by atoms with Crippen LogP contribution in [0.1, 0.15) is 51.2 Å². The summed E-state index contributed by atoms with van der Waals surface area (Å²) in [5.74, 6) is 1.16. The zero-order valence-corrected chi connectivity index (χ0v) is 12.4. The molecule has 5 heteroatoms. The van der Waals surface area contributed by atoms with E-state index in [0.717, 1.165) is 16.0 Å². The van der Waals surface area contributed by atoms with Crippen LogP contribution in [0, 0.1) is 4.64 Å². The number of hydrogen-bond donors (Lipinski definition) is 1. The van der Waals surface area contributed by atoms with Gasteiger partial charge in [-0.1, -0.05) is 26.1 Å². The Morgan fingerprint density at radius 2 is 2.06 bits per heavy atom. The first-order valence-corrected chi connectivity index (χ1v) is 6.58. The zero-order valence-electron chi connectivity index (χ0n) is 10.0. The number of ether oxygens (including phenoxy) is 1. The maximum atomic E-state index is 5.50. The molecule has 1 aromatic heterocycles. The third-order valence-electron chi connectivity index (χ3n) is 2.29. The van der Waals surface area contributed by atoms with E-state index in [0.29, 0.717) is 17.2 Å². The van der Waals surface area contributed by atoms with Crippen LogP contribution < -0.4 is 0 Å². The van der Waals surface area contributed by atoms with Gasteiger partial charge in [-0.15, -0.1) is 0 Å². The molecule has 16 heavy (non-hydrogen) atoms. The van der Waals surface area contributed by atoms with Crippen LogP contribution in [0.2, 0.25) is 0 Å². The van der Waals surface area contributed by atoms with E-state index >= 15 is 0 Å². The second kappa shape index (κ2) is 5.89. The van der Waals surface area contributed by atoms with Gasteiger partial charge in [0.05, 0.1) is 4.47 Å². The van der Waals surface area contributed by atoms with Crippen LogP contribution in [0.3, 0.4) is 0 Å². The first kappa shape index (κ1) is 13.8. The number of aromatic amines is 1. The fraction of sp³-hybridized carbons (Fsp3) is 0.636. The van der Waals surface area contributed by atoms with E-state index in [9.17, 15) is 0 Å². The Morgan fingerprint density at radius 3 is 2.56 bits per heavy atom. The van der Waals surface area contributed by atoms with Crippen molar-refractivity contribution in [2.45, 2.75) is 39.7 Å². The molecule has 0 fully saturated rings. The van der Waals surface area contributed by atoms with Crippen molar-refractivity contribution in [1.29, 1.82) is 0 Å². The Balaban J connectivity index is 3.18. The van der Waals surface area contributed by atoms with Crippen molar-refractivity contribution in [1.82, 2.24) is 9.97 Å².